The molecule has 0 aromatic carbocycles. The van der Waals surface area contributed by atoms with Gasteiger partial charge in [0, 0.05) is 26.7 Å². The second-order valence-corrected chi connectivity index (χ2v) is 3.92. The molecule has 1 heterocycles. The highest BCUT2D eigenvalue weighted by Crippen LogP contribution is 2.09. The van der Waals surface area contributed by atoms with Crippen LogP contribution in [0.3, 0.4) is 0 Å². The molecule has 1 aliphatic heterocycles. The molecule has 86 valence electrons. The maximum absolute atomic E-state index is 11.9. The van der Waals surface area contributed by atoms with Crippen molar-refractivity contribution >= 4 is 11.8 Å². The molecule has 1 rings (SSSR count). The normalized spacial score (nSPS) is 19.3. The van der Waals surface area contributed by atoms with Gasteiger partial charge in [0.05, 0.1) is 12.5 Å². The maximum Gasteiger partial charge on any atom is 0.241 e. The average molecular weight is 213 g/mol. The Balaban J connectivity index is 2.57. The molecule has 2 amide bonds. The number of piperazine rings is 1. The van der Waals surface area contributed by atoms with Crippen LogP contribution in [0.4, 0.5) is 0 Å². The minimum absolute atomic E-state index is 0.00137. The SMILES string of the molecule is CCC(CN)C(=O)N1CCN(C)C(=O)C1. The third-order valence-electron chi connectivity index (χ3n) is 2.90. The topological polar surface area (TPSA) is 66.6 Å². The van der Waals surface area contributed by atoms with Gasteiger partial charge in [-0.15, -0.1) is 0 Å². The number of nitrogens with zero attached hydrogens (tertiary/aromatic N) is 2. The predicted molar refractivity (Wildman–Crippen MR) is 57.1 cm³/mol. The molecule has 0 aliphatic carbocycles. The fraction of sp³-hybridized carbons (Fsp3) is 0.800. The Morgan fingerprint density at radius 3 is 2.67 bits per heavy atom. The number of amides is 2. The van der Waals surface area contributed by atoms with Crippen molar-refractivity contribution < 1.29 is 9.59 Å². The average Bonchev–Trinajstić information content (AvgIpc) is 2.23. The lowest BCUT2D eigenvalue weighted by Gasteiger charge is -2.33. The van der Waals surface area contributed by atoms with Gasteiger partial charge >= 0.3 is 0 Å². The molecule has 1 saturated heterocycles. The predicted octanol–water partition coefficient (Wildman–Crippen LogP) is -0.728. The van der Waals surface area contributed by atoms with Gasteiger partial charge in [-0.1, -0.05) is 6.92 Å². The van der Waals surface area contributed by atoms with E-state index in [0.29, 0.717) is 19.6 Å². The van der Waals surface area contributed by atoms with Crippen molar-refractivity contribution in [3.63, 3.8) is 0 Å². The van der Waals surface area contributed by atoms with Gasteiger partial charge in [0.1, 0.15) is 0 Å². The second kappa shape index (κ2) is 5.11. The number of carbonyl (C=O) groups is 2. The lowest BCUT2D eigenvalue weighted by Crippen LogP contribution is -2.52. The molecule has 5 heteroatoms. The van der Waals surface area contributed by atoms with E-state index in [1.165, 1.54) is 0 Å². The van der Waals surface area contributed by atoms with Gasteiger partial charge in [0.2, 0.25) is 11.8 Å². The van der Waals surface area contributed by atoms with Crippen LogP contribution in [0.25, 0.3) is 0 Å². The molecule has 1 unspecified atom stereocenters. The molecule has 1 atom stereocenters. The van der Waals surface area contributed by atoms with E-state index in [-0.39, 0.29) is 24.3 Å². The molecule has 0 bridgehead atoms. The molecule has 2 N–H and O–H groups in total. The highest BCUT2D eigenvalue weighted by molar-refractivity contribution is 5.87. The Morgan fingerprint density at radius 1 is 1.53 bits per heavy atom. The molecular weight excluding hydrogens is 194 g/mol. The monoisotopic (exact) mass is 213 g/mol. The van der Waals surface area contributed by atoms with E-state index in [1.807, 2.05) is 6.92 Å². The van der Waals surface area contributed by atoms with E-state index >= 15 is 0 Å². The molecule has 0 radical (unpaired) electrons. The van der Waals surface area contributed by atoms with Crippen LogP contribution in [-0.2, 0) is 9.59 Å². The lowest BCUT2D eigenvalue weighted by atomic mass is 10.0. The van der Waals surface area contributed by atoms with Crippen molar-refractivity contribution in [1.29, 1.82) is 0 Å². The van der Waals surface area contributed by atoms with E-state index in [4.69, 9.17) is 5.73 Å². The van der Waals surface area contributed by atoms with Gasteiger partial charge in [0.25, 0.3) is 0 Å². The van der Waals surface area contributed by atoms with Crippen LogP contribution in [0.1, 0.15) is 13.3 Å². The minimum Gasteiger partial charge on any atom is -0.342 e. The van der Waals surface area contributed by atoms with Crippen LogP contribution in [0.15, 0.2) is 0 Å². The smallest absolute Gasteiger partial charge is 0.241 e. The second-order valence-electron chi connectivity index (χ2n) is 3.92. The van der Waals surface area contributed by atoms with Crippen LogP contribution in [0, 0.1) is 5.92 Å². The molecule has 0 spiro atoms. The summed E-state index contributed by atoms with van der Waals surface area (Å²) in [6.07, 6.45) is 0.732. The molecule has 1 fully saturated rings. The number of rotatable bonds is 3. The number of nitrogens with two attached hydrogens (primary N) is 1. The van der Waals surface area contributed by atoms with Crippen molar-refractivity contribution in [2.75, 3.05) is 33.2 Å². The first-order chi connectivity index (χ1) is 7.10. The summed E-state index contributed by atoms with van der Waals surface area (Å²) in [6, 6.07) is 0. The Bertz CT molecular complexity index is 251. The van der Waals surface area contributed by atoms with Crippen LogP contribution < -0.4 is 5.73 Å². The van der Waals surface area contributed by atoms with Crippen molar-refractivity contribution in [3.05, 3.63) is 0 Å². The third kappa shape index (κ3) is 2.68. The molecule has 0 saturated carbocycles. The molecule has 15 heavy (non-hydrogen) atoms. The summed E-state index contributed by atoms with van der Waals surface area (Å²) < 4.78 is 0. The highest BCUT2D eigenvalue weighted by Gasteiger charge is 2.28. The van der Waals surface area contributed by atoms with Gasteiger partial charge in [-0.3, -0.25) is 9.59 Å². The van der Waals surface area contributed by atoms with Crippen molar-refractivity contribution in [1.82, 2.24) is 9.80 Å². The van der Waals surface area contributed by atoms with E-state index in [2.05, 4.69) is 0 Å². The standard InChI is InChI=1S/C10H19N3O2/c1-3-8(6-11)10(15)13-5-4-12(2)9(14)7-13/h8H,3-7,11H2,1-2H3. The van der Waals surface area contributed by atoms with Crippen LogP contribution in [0.2, 0.25) is 0 Å². The summed E-state index contributed by atoms with van der Waals surface area (Å²) in [5, 5.41) is 0. The number of hydrogen-bond donors (Lipinski definition) is 1. The van der Waals surface area contributed by atoms with Gasteiger partial charge in [-0.25, -0.2) is 0 Å². The summed E-state index contributed by atoms with van der Waals surface area (Å²) in [4.78, 5) is 26.6. The number of hydrogen-bond acceptors (Lipinski definition) is 3. The first-order valence-electron chi connectivity index (χ1n) is 5.33. The maximum atomic E-state index is 11.9. The van der Waals surface area contributed by atoms with E-state index in [1.54, 1.807) is 16.8 Å². The zero-order chi connectivity index (χ0) is 11.4. The fourth-order valence-electron chi connectivity index (χ4n) is 1.65. The van der Waals surface area contributed by atoms with Crippen molar-refractivity contribution in [2.45, 2.75) is 13.3 Å². The third-order valence-corrected chi connectivity index (χ3v) is 2.90. The molecule has 0 aromatic heterocycles. The summed E-state index contributed by atoms with van der Waals surface area (Å²) in [6.45, 7) is 3.73. The first kappa shape index (κ1) is 12.0. The molecular formula is C10H19N3O2. The van der Waals surface area contributed by atoms with Crippen LogP contribution in [-0.4, -0.2) is 54.8 Å². The van der Waals surface area contributed by atoms with Gasteiger partial charge in [-0.05, 0) is 6.42 Å². The van der Waals surface area contributed by atoms with Crippen molar-refractivity contribution in [3.8, 4) is 0 Å². The summed E-state index contributed by atoms with van der Waals surface area (Å²) >= 11 is 0. The summed E-state index contributed by atoms with van der Waals surface area (Å²) in [5.41, 5.74) is 5.51. The molecule has 1 aliphatic rings. The minimum atomic E-state index is -0.138. The van der Waals surface area contributed by atoms with Crippen LogP contribution in [0.5, 0.6) is 0 Å². The van der Waals surface area contributed by atoms with Crippen LogP contribution >= 0.6 is 0 Å². The highest BCUT2D eigenvalue weighted by atomic mass is 16.2. The number of carbonyl (C=O) groups excluding carboxylic acids is 2. The van der Waals surface area contributed by atoms with Gasteiger partial charge in [0.15, 0.2) is 0 Å². The summed E-state index contributed by atoms with van der Waals surface area (Å²) in [7, 11) is 1.75. The lowest BCUT2D eigenvalue weighted by molar-refractivity contribution is -0.146. The zero-order valence-corrected chi connectivity index (χ0v) is 9.40. The zero-order valence-electron chi connectivity index (χ0n) is 9.40. The fourth-order valence-corrected chi connectivity index (χ4v) is 1.65. The van der Waals surface area contributed by atoms with Crippen molar-refractivity contribution in [2.24, 2.45) is 11.7 Å². The Labute approximate surface area is 90.2 Å². The van der Waals surface area contributed by atoms with E-state index in [9.17, 15) is 9.59 Å². The quantitative estimate of drug-likeness (QED) is 0.672. The van der Waals surface area contributed by atoms with Gasteiger partial charge in [-0.2, -0.15) is 0 Å². The first-order valence-corrected chi connectivity index (χ1v) is 5.33. The summed E-state index contributed by atoms with van der Waals surface area (Å²) in [5.74, 6) is -0.121. The van der Waals surface area contributed by atoms with Gasteiger partial charge < -0.3 is 15.5 Å². The number of likely N-dealkylation sites (N-methyl/N-ethyl adjacent to an activating group) is 1. The molecule has 0 aromatic rings. The Hall–Kier alpha value is -1.10. The van der Waals surface area contributed by atoms with E-state index < -0.39 is 0 Å². The van der Waals surface area contributed by atoms with E-state index in [0.717, 1.165) is 6.42 Å². The Kier molecular flexibility index (Phi) is 4.08. The largest absolute Gasteiger partial charge is 0.342 e. The molecule has 5 nitrogen and oxygen atoms in total. The Morgan fingerprint density at radius 2 is 2.20 bits per heavy atom.